The summed E-state index contributed by atoms with van der Waals surface area (Å²) in [5, 5.41) is 23.7. The van der Waals surface area contributed by atoms with Gasteiger partial charge in [-0.15, -0.1) is 0 Å². The van der Waals surface area contributed by atoms with Crippen LogP contribution < -0.4 is 5.32 Å². The molecule has 5 heteroatoms. The number of benzene rings is 1. The van der Waals surface area contributed by atoms with Crippen molar-refractivity contribution in [3.8, 4) is 0 Å². The van der Waals surface area contributed by atoms with Crippen molar-refractivity contribution in [2.75, 3.05) is 6.61 Å². The Labute approximate surface area is 112 Å². The van der Waals surface area contributed by atoms with Gasteiger partial charge in [0.1, 0.15) is 0 Å². The lowest BCUT2D eigenvalue weighted by Crippen LogP contribution is -2.47. The molecule has 2 N–H and O–H groups in total. The predicted molar refractivity (Wildman–Crippen MR) is 72.9 cm³/mol. The summed E-state index contributed by atoms with van der Waals surface area (Å²) in [6, 6.07) is 6.67. The number of hydrogen-bond donors (Lipinski definition) is 2. The zero-order chi connectivity index (χ0) is 13.9. The molecule has 1 aromatic carbocycles. The molecule has 0 spiro atoms. The Morgan fingerprint density at radius 3 is 2.42 bits per heavy atom. The minimum Gasteiger partial charge on any atom is -0.394 e. The summed E-state index contributed by atoms with van der Waals surface area (Å²) in [4.78, 5) is 10.2. The van der Waals surface area contributed by atoms with Crippen LogP contribution in [0, 0.1) is 10.1 Å². The molecule has 1 atom stereocenters. The number of nitrogens with one attached hydrogen (secondary N) is 1. The van der Waals surface area contributed by atoms with E-state index in [2.05, 4.69) is 5.32 Å². The molecule has 0 radical (unpaired) electrons. The highest BCUT2D eigenvalue weighted by molar-refractivity contribution is 5.34. The average Bonchev–Trinajstić information content (AvgIpc) is 2.88. The number of aliphatic hydroxyl groups is 1. The summed E-state index contributed by atoms with van der Waals surface area (Å²) in [7, 11) is 0. The van der Waals surface area contributed by atoms with Gasteiger partial charge in [0.25, 0.3) is 5.69 Å². The fourth-order valence-electron chi connectivity index (χ4n) is 2.83. The maximum absolute atomic E-state index is 10.6. The minimum atomic E-state index is -0.395. The van der Waals surface area contributed by atoms with Gasteiger partial charge in [-0.25, -0.2) is 0 Å². The van der Waals surface area contributed by atoms with E-state index in [0.29, 0.717) is 0 Å². The molecule has 0 amide bonds. The van der Waals surface area contributed by atoms with E-state index in [4.69, 9.17) is 0 Å². The molecule has 0 aliphatic heterocycles. The summed E-state index contributed by atoms with van der Waals surface area (Å²) < 4.78 is 0. The molecule has 1 saturated carbocycles. The normalized spacial score (nSPS) is 19.3. The van der Waals surface area contributed by atoms with Crippen molar-refractivity contribution in [3.05, 3.63) is 39.9 Å². The molecule has 0 bridgehead atoms. The van der Waals surface area contributed by atoms with Crippen LogP contribution in [0.2, 0.25) is 0 Å². The lowest BCUT2D eigenvalue weighted by Gasteiger charge is -2.32. The summed E-state index contributed by atoms with van der Waals surface area (Å²) >= 11 is 0. The van der Waals surface area contributed by atoms with Crippen LogP contribution in [0.5, 0.6) is 0 Å². The van der Waals surface area contributed by atoms with Crippen molar-refractivity contribution in [1.29, 1.82) is 0 Å². The molecule has 19 heavy (non-hydrogen) atoms. The van der Waals surface area contributed by atoms with Crippen LogP contribution in [-0.4, -0.2) is 22.2 Å². The fraction of sp³-hybridized carbons (Fsp3) is 0.571. The number of aliphatic hydroxyl groups excluding tert-OH is 1. The van der Waals surface area contributed by atoms with E-state index in [-0.39, 0.29) is 23.9 Å². The van der Waals surface area contributed by atoms with Crippen molar-refractivity contribution < 1.29 is 10.0 Å². The SMILES string of the molecule is CC(NC1(CO)CCCC1)c1ccc([N+](=O)[O-])cc1. The highest BCUT2D eigenvalue weighted by Gasteiger charge is 2.34. The van der Waals surface area contributed by atoms with E-state index in [0.717, 1.165) is 31.2 Å². The van der Waals surface area contributed by atoms with Crippen molar-refractivity contribution in [3.63, 3.8) is 0 Å². The zero-order valence-corrected chi connectivity index (χ0v) is 11.1. The molecule has 0 aromatic heterocycles. The van der Waals surface area contributed by atoms with Crippen LogP contribution in [0.4, 0.5) is 5.69 Å². The molecular weight excluding hydrogens is 244 g/mol. The molecule has 2 rings (SSSR count). The summed E-state index contributed by atoms with van der Waals surface area (Å²) in [5.41, 5.74) is 0.931. The van der Waals surface area contributed by atoms with Gasteiger partial charge < -0.3 is 10.4 Å². The van der Waals surface area contributed by atoms with Gasteiger partial charge in [0.2, 0.25) is 0 Å². The maximum atomic E-state index is 10.6. The van der Waals surface area contributed by atoms with Gasteiger partial charge in [0.15, 0.2) is 0 Å². The van der Waals surface area contributed by atoms with Crippen molar-refractivity contribution in [2.24, 2.45) is 0 Å². The van der Waals surface area contributed by atoms with Crippen molar-refractivity contribution >= 4 is 5.69 Å². The van der Waals surface area contributed by atoms with Crippen LogP contribution in [0.25, 0.3) is 0 Å². The largest absolute Gasteiger partial charge is 0.394 e. The molecule has 1 fully saturated rings. The first-order valence-electron chi connectivity index (χ1n) is 6.69. The summed E-state index contributed by atoms with van der Waals surface area (Å²) in [6.45, 7) is 2.17. The molecule has 1 aromatic rings. The smallest absolute Gasteiger partial charge is 0.269 e. The lowest BCUT2D eigenvalue weighted by atomic mass is 9.96. The van der Waals surface area contributed by atoms with E-state index in [9.17, 15) is 15.2 Å². The number of rotatable bonds is 5. The molecule has 0 heterocycles. The van der Waals surface area contributed by atoms with Crippen LogP contribution in [0.15, 0.2) is 24.3 Å². The van der Waals surface area contributed by atoms with E-state index < -0.39 is 4.92 Å². The van der Waals surface area contributed by atoms with E-state index in [1.165, 1.54) is 12.1 Å². The summed E-state index contributed by atoms with van der Waals surface area (Å²) in [5.74, 6) is 0. The van der Waals surface area contributed by atoms with Crippen LogP contribution >= 0.6 is 0 Å². The molecule has 5 nitrogen and oxygen atoms in total. The number of non-ortho nitro benzene ring substituents is 1. The number of nitro groups is 1. The quantitative estimate of drug-likeness (QED) is 0.633. The van der Waals surface area contributed by atoms with Gasteiger partial charge in [-0.1, -0.05) is 25.0 Å². The highest BCUT2D eigenvalue weighted by atomic mass is 16.6. The zero-order valence-electron chi connectivity index (χ0n) is 11.1. The first kappa shape index (κ1) is 14.0. The van der Waals surface area contributed by atoms with Crippen molar-refractivity contribution in [2.45, 2.75) is 44.2 Å². The predicted octanol–water partition coefficient (Wildman–Crippen LogP) is 2.55. The standard InChI is InChI=1S/C14H20N2O3/c1-11(15-14(10-17)8-2-3-9-14)12-4-6-13(7-5-12)16(18)19/h4-7,11,15,17H,2-3,8-10H2,1H3. The third kappa shape index (κ3) is 3.11. The first-order valence-corrected chi connectivity index (χ1v) is 6.69. The van der Waals surface area contributed by atoms with Gasteiger partial charge >= 0.3 is 0 Å². The van der Waals surface area contributed by atoms with E-state index in [1.807, 2.05) is 6.92 Å². The van der Waals surface area contributed by atoms with E-state index >= 15 is 0 Å². The molecule has 1 aliphatic rings. The van der Waals surface area contributed by atoms with Gasteiger partial charge in [0.05, 0.1) is 11.5 Å². The molecule has 1 aliphatic carbocycles. The van der Waals surface area contributed by atoms with Gasteiger partial charge in [0, 0.05) is 23.7 Å². The number of nitro benzene ring substituents is 1. The second-order valence-corrected chi connectivity index (χ2v) is 5.36. The average molecular weight is 264 g/mol. The van der Waals surface area contributed by atoms with Crippen molar-refractivity contribution in [1.82, 2.24) is 5.32 Å². The molecular formula is C14H20N2O3. The fourth-order valence-corrected chi connectivity index (χ4v) is 2.83. The molecule has 0 saturated heterocycles. The van der Waals surface area contributed by atoms with Crippen LogP contribution in [0.1, 0.15) is 44.2 Å². The lowest BCUT2D eigenvalue weighted by molar-refractivity contribution is -0.384. The number of hydrogen-bond acceptors (Lipinski definition) is 4. The van der Waals surface area contributed by atoms with Gasteiger partial charge in [-0.05, 0) is 25.3 Å². The van der Waals surface area contributed by atoms with Gasteiger partial charge in [-0.3, -0.25) is 10.1 Å². The Balaban J connectivity index is 2.06. The van der Waals surface area contributed by atoms with Crippen LogP contribution in [0.3, 0.4) is 0 Å². The molecule has 104 valence electrons. The third-order valence-electron chi connectivity index (χ3n) is 3.99. The van der Waals surface area contributed by atoms with E-state index in [1.54, 1.807) is 12.1 Å². The monoisotopic (exact) mass is 264 g/mol. The highest BCUT2D eigenvalue weighted by Crippen LogP contribution is 2.32. The third-order valence-corrected chi connectivity index (χ3v) is 3.99. The number of nitrogens with zero attached hydrogens (tertiary/aromatic N) is 1. The Morgan fingerprint density at radius 1 is 1.37 bits per heavy atom. The first-order chi connectivity index (χ1) is 9.06. The Kier molecular flexibility index (Phi) is 4.17. The Hall–Kier alpha value is -1.46. The maximum Gasteiger partial charge on any atom is 0.269 e. The molecule has 1 unspecified atom stereocenters. The topological polar surface area (TPSA) is 75.4 Å². The van der Waals surface area contributed by atoms with Gasteiger partial charge in [-0.2, -0.15) is 0 Å². The van der Waals surface area contributed by atoms with Crippen LogP contribution in [-0.2, 0) is 0 Å². The summed E-state index contributed by atoms with van der Waals surface area (Å²) in [6.07, 6.45) is 4.25. The minimum absolute atomic E-state index is 0.0751. The Bertz CT molecular complexity index is 439. The Morgan fingerprint density at radius 2 is 1.95 bits per heavy atom. The second-order valence-electron chi connectivity index (χ2n) is 5.36. The second kappa shape index (κ2) is 5.67.